The molecule has 0 saturated carbocycles. The van der Waals surface area contributed by atoms with E-state index in [2.05, 4.69) is 52.6 Å². The quantitative estimate of drug-likeness (QED) is 0.340. The Bertz CT molecular complexity index is 1560. The molecule has 0 bridgehead atoms. The van der Waals surface area contributed by atoms with Crippen molar-refractivity contribution in [1.82, 2.24) is 19.8 Å². The van der Waals surface area contributed by atoms with Gasteiger partial charge in [-0.1, -0.05) is 42.4 Å². The minimum absolute atomic E-state index is 0.0228. The molecule has 226 valence electrons. The summed E-state index contributed by atoms with van der Waals surface area (Å²) in [4.78, 5) is 30.5. The molecule has 4 aliphatic heterocycles. The van der Waals surface area contributed by atoms with Crippen LogP contribution < -0.4 is 14.5 Å². The summed E-state index contributed by atoms with van der Waals surface area (Å²) in [6, 6.07) is 12.6. The zero-order valence-corrected chi connectivity index (χ0v) is 25.4. The first kappa shape index (κ1) is 28.3. The molecule has 1 amide bonds. The fourth-order valence-corrected chi connectivity index (χ4v) is 7.91. The smallest absolute Gasteiger partial charge is 0.318 e. The zero-order valence-electron chi connectivity index (χ0n) is 24.6. The number of rotatable bonds is 8. The minimum atomic E-state index is -0.814. The van der Waals surface area contributed by atoms with Gasteiger partial charge in [0.1, 0.15) is 18.6 Å². The molecule has 0 aliphatic carbocycles. The van der Waals surface area contributed by atoms with Crippen LogP contribution in [0.3, 0.4) is 0 Å². The lowest BCUT2D eigenvalue weighted by Gasteiger charge is -2.41. The molecule has 3 aromatic rings. The zero-order chi connectivity index (χ0) is 29.7. The van der Waals surface area contributed by atoms with Crippen molar-refractivity contribution in [2.24, 2.45) is 5.92 Å². The first-order valence-corrected chi connectivity index (χ1v) is 15.7. The van der Waals surface area contributed by atoms with Crippen LogP contribution in [-0.4, -0.2) is 90.3 Å². The van der Waals surface area contributed by atoms with Crippen LogP contribution in [0.5, 0.6) is 6.01 Å². The van der Waals surface area contributed by atoms with E-state index in [1.54, 1.807) is 0 Å². The van der Waals surface area contributed by atoms with Crippen molar-refractivity contribution >= 4 is 39.8 Å². The number of carbonyl (C=O) groups excluding carboxylic acids is 1. The van der Waals surface area contributed by atoms with Crippen molar-refractivity contribution in [2.75, 3.05) is 62.7 Å². The first-order valence-electron chi connectivity index (χ1n) is 15.3. The van der Waals surface area contributed by atoms with E-state index in [0.29, 0.717) is 51.1 Å². The average Bonchev–Trinajstić information content (AvgIpc) is 3.52. The molecular formula is C33H38ClFN6O2. The molecule has 43 heavy (non-hydrogen) atoms. The number of fused-ring (bicyclic) bond motifs is 3. The Kier molecular flexibility index (Phi) is 7.42. The van der Waals surface area contributed by atoms with Crippen LogP contribution in [0.2, 0.25) is 5.02 Å². The number of anilines is 2. The van der Waals surface area contributed by atoms with E-state index in [0.717, 1.165) is 77.5 Å². The molecule has 10 heteroatoms. The summed E-state index contributed by atoms with van der Waals surface area (Å²) in [6.07, 6.45) is 3.84. The number of ether oxygens (including phenoxy) is 1. The highest BCUT2D eigenvalue weighted by molar-refractivity contribution is 6.36. The van der Waals surface area contributed by atoms with Crippen molar-refractivity contribution in [3.8, 4) is 6.01 Å². The van der Waals surface area contributed by atoms with Crippen molar-refractivity contribution in [2.45, 2.75) is 43.9 Å². The fourth-order valence-electron chi connectivity index (χ4n) is 7.63. The number of halogens is 2. The summed E-state index contributed by atoms with van der Waals surface area (Å²) in [5.41, 5.74) is 2.88. The third kappa shape index (κ3) is 5.20. The third-order valence-electron chi connectivity index (χ3n) is 9.76. The second kappa shape index (κ2) is 11.2. The maximum absolute atomic E-state index is 14.4. The summed E-state index contributed by atoms with van der Waals surface area (Å²) in [5.74, 6) is 1.21. The predicted octanol–water partition coefficient (Wildman–Crippen LogP) is 4.88. The lowest BCUT2D eigenvalue weighted by molar-refractivity contribution is -0.131. The molecule has 5 heterocycles. The van der Waals surface area contributed by atoms with Crippen molar-refractivity contribution < 1.29 is 13.9 Å². The predicted molar refractivity (Wildman–Crippen MR) is 168 cm³/mol. The average molecular weight is 605 g/mol. The highest BCUT2D eigenvalue weighted by Gasteiger charge is 2.49. The topological polar surface area (TPSA) is 65.0 Å². The lowest BCUT2D eigenvalue weighted by Crippen LogP contribution is -2.53. The Labute approximate surface area is 257 Å². The van der Waals surface area contributed by atoms with E-state index in [-0.39, 0.29) is 11.4 Å². The molecule has 3 saturated heterocycles. The van der Waals surface area contributed by atoms with Crippen molar-refractivity contribution in [1.29, 1.82) is 0 Å². The molecule has 1 aromatic heterocycles. The molecule has 2 aromatic carbocycles. The fraction of sp³-hybridized carbons (Fsp3) is 0.485. The van der Waals surface area contributed by atoms with E-state index >= 15 is 0 Å². The van der Waals surface area contributed by atoms with Gasteiger partial charge in [0.15, 0.2) is 0 Å². The molecule has 0 spiro atoms. The molecule has 0 unspecified atom stereocenters. The molecule has 0 radical (unpaired) electrons. The van der Waals surface area contributed by atoms with E-state index < -0.39 is 6.17 Å². The van der Waals surface area contributed by atoms with E-state index in [4.69, 9.17) is 26.3 Å². The molecule has 3 fully saturated rings. The highest BCUT2D eigenvalue weighted by atomic mass is 35.5. The van der Waals surface area contributed by atoms with E-state index in [1.165, 1.54) is 6.08 Å². The Hall–Kier alpha value is -3.43. The van der Waals surface area contributed by atoms with Crippen LogP contribution >= 0.6 is 11.6 Å². The second-order valence-electron chi connectivity index (χ2n) is 12.6. The van der Waals surface area contributed by atoms with Crippen LogP contribution in [0.15, 0.2) is 49.1 Å². The SMILES string of the molecule is C=CC(=O)N1CC(CN(C)c2nc(OC[C@@]34CCCN3C[C@H](F)C4)nc3c2CCN(c2cccc4cccc(Cl)c24)C3)C1. The molecular weight excluding hydrogens is 567 g/mol. The number of hydrogen-bond acceptors (Lipinski definition) is 7. The van der Waals surface area contributed by atoms with Gasteiger partial charge in [-0.15, -0.1) is 0 Å². The summed E-state index contributed by atoms with van der Waals surface area (Å²) in [5, 5.41) is 2.89. The number of benzene rings is 2. The van der Waals surface area contributed by atoms with Gasteiger partial charge < -0.3 is 19.4 Å². The van der Waals surface area contributed by atoms with Gasteiger partial charge in [0.25, 0.3) is 0 Å². The van der Waals surface area contributed by atoms with Gasteiger partial charge in [-0.2, -0.15) is 9.97 Å². The Morgan fingerprint density at radius 2 is 2.02 bits per heavy atom. The third-order valence-corrected chi connectivity index (χ3v) is 10.1. The van der Waals surface area contributed by atoms with Crippen LogP contribution in [0.4, 0.5) is 15.9 Å². The number of carbonyl (C=O) groups is 1. The van der Waals surface area contributed by atoms with Crippen molar-refractivity contribution in [3.05, 3.63) is 65.3 Å². The normalized spacial score (nSPS) is 23.7. The number of amides is 1. The van der Waals surface area contributed by atoms with Crippen molar-refractivity contribution in [3.63, 3.8) is 0 Å². The number of nitrogens with zero attached hydrogens (tertiary/aromatic N) is 6. The summed E-state index contributed by atoms with van der Waals surface area (Å²) >= 11 is 6.70. The number of aromatic nitrogens is 2. The summed E-state index contributed by atoms with van der Waals surface area (Å²) < 4.78 is 20.8. The summed E-state index contributed by atoms with van der Waals surface area (Å²) in [6.45, 7) is 9.00. The molecule has 2 atom stereocenters. The van der Waals surface area contributed by atoms with E-state index in [9.17, 15) is 9.18 Å². The van der Waals surface area contributed by atoms with Gasteiger partial charge in [-0.25, -0.2) is 4.39 Å². The molecule has 8 nitrogen and oxygen atoms in total. The molecule has 0 N–H and O–H groups in total. The van der Waals surface area contributed by atoms with Gasteiger partial charge in [-0.05, 0) is 49.4 Å². The maximum atomic E-state index is 14.4. The van der Waals surface area contributed by atoms with Gasteiger partial charge in [0, 0.05) is 68.7 Å². The van der Waals surface area contributed by atoms with E-state index in [1.807, 2.05) is 17.0 Å². The largest absolute Gasteiger partial charge is 0.461 e. The lowest BCUT2D eigenvalue weighted by atomic mass is 9.95. The van der Waals surface area contributed by atoms with Gasteiger partial charge in [0.05, 0.1) is 22.8 Å². The van der Waals surface area contributed by atoms with Crippen LogP contribution in [0.25, 0.3) is 10.8 Å². The van der Waals surface area contributed by atoms with Gasteiger partial charge in [0.2, 0.25) is 5.91 Å². The molecule has 7 rings (SSSR count). The molecule has 4 aliphatic rings. The van der Waals surface area contributed by atoms with Crippen LogP contribution in [-0.2, 0) is 17.8 Å². The summed E-state index contributed by atoms with van der Waals surface area (Å²) in [7, 11) is 2.06. The Balaban J connectivity index is 1.18. The number of alkyl halides is 1. The maximum Gasteiger partial charge on any atom is 0.318 e. The van der Waals surface area contributed by atoms with Crippen LogP contribution in [0, 0.1) is 5.92 Å². The highest BCUT2D eigenvalue weighted by Crippen LogP contribution is 2.41. The van der Waals surface area contributed by atoms with Gasteiger partial charge >= 0.3 is 6.01 Å². The van der Waals surface area contributed by atoms with Crippen LogP contribution in [0.1, 0.15) is 30.5 Å². The number of hydrogen-bond donors (Lipinski definition) is 0. The second-order valence-corrected chi connectivity index (χ2v) is 13.0. The Morgan fingerprint density at radius 3 is 2.84 bits per heavy atom. The Morgan fingerprint density at radius 1 is 1.21 bits per heavy atom. The van der Waals surface area contributed by atoms with Gasteiger partial charge in [-0.3, -0.25) is 9.69 Å². The standard InChI is InChI=1S/C33H38ClFN6O2/c1-3-29(42)40-17-22(18-40)16-38(2)31-25-11-14-39(28-10-5-8-23-7-4-9-26(34)30(23)28)20-27(25)36-32(37-31)43-21-33-12-6-13-41(33)19-24(35)15-33/h3-5,7-10,22,24H,1,6,11-21H2,2H3/t24-,33+/m1/s1. The minimum Gasteiger partial charge on any atom is -0.461 e. The first-order chi connectivity index (χ1) is 20.8. The number of likely N-dealkylation sites (tertiary alicyclic amines) is 1. The monoisotopic (exact) mass is 604 g/mol.